The van der Waals surface area contributed by atoms with Gasteiger partial charge in [0.15, 0.2) is 0 Å². The van der Waals surface area contributed by atoms with E-state index in [1.54, 1.807) is 6.92 Å². The van der Waals surface area contributed by atoms with Crippen molar-refractivity contribution in [3.05, 3.63) is 35.4 Å². The number of halogens is 1. The Kier molecular flexibility index (Phi) is 3.86. The number of rotatable bonds is 3. The van der Waals surface area contributed by atoms with Crippen LogP contribution in [-0.2, 0) is 12.8 Å². The van der Waals surface area contributed by atoms with Crippen molar-refractivity contribution in [3.63, 3.8) is 0 Å². The molecule has 0 amide bonds. The maximum absolute atomic E-state index is 14.4. The minimum absolute atomic E-state index is 0.212. The summed E-state index contributed by atoms with van der Waals surface area (Å²) in [6, 6.07) is 8.69. The van der Waals surface area contributed by atoms with Crippen LogP contribution < -0.4 is 0 Å². The van der Waals surface area contributed by atoms with Crippen molar-refractivity contribution < 1.29 is 4.39 Å². The summed E-state index contributed by atoms with van der Waals surface area (Å²) in [6.45, 7) is 3.95. The standard InChI is InChI=1S/C16H23F/c1-3-13-7-9-14(10-8-13)12-15-6-4-5-11-16(15,2)17/h7-10,15H,3-6,11-12H2,1-2H3. The van der Waals surface area contributed by atoms with Crippen molar-refractivity contribution in [2.24, 2.45) is 5.92 Å². The molecule has 1 heteroatoms. The molecular weight excluding hydrogens is 211 g/mol. The van der Waals surface area contributed by atoms with Gasteiger partial charge in [0.2, 0.25) is 0 Å². The molecule has 0 N–H and O–H groups in total. The SMILES string of the molecule is CCc1ccc(CC2CCCCC2(C)F)cc1. The summed E-state index contributed by atoms with van der Waals surface area (Å²) in [4.78, 5) is 0. The monoisotopic (exact) mass is 234 g/mol. The molecule has 1 fully saturated rings. The Hall–Kier alpha value is -0.850. The third-order valence-electron chi connectivity index (χ3n) is 4.23. The van der Waals surface area contributed by atoms with Crippen LogP contribution in [0.3, 0.4) is 0 Å². The van der Waals surface area contributed by atoms with E-state index >= 15 is 0 Å². The normalized spacial score (nSPS) is 29.2. The van der Waals surface area contributed by atoms with Crippen molar-refractivity contribution >= 4 is 0 Å². The van der Waals surface area contributed by atoms with Gasteiger partial charge in [-0.05, 0) is 49.7 Å². The summed E-state index contributed by atoms with van der Waals surface area (Å²) < 4.78 is 14.4. The molecule has 0 aromatic heterocycles. The fourth-order valence-electron chi connectivity index (χ4n) is 2.88. The molecule has 94 valence electrons. The van der Waals surface area contributed by atoms with Gasteiger partial charge in [0, 0.05) is 0 Å². The Labute approximate surface area is 104 Å². The summed E-state index contributed by atoms with van der Waals surface area (Å²) in [6.07, 6.45) is 6.00. The van der Waals surface area contributed by atoms with Crippen molar-refractivity contribution in [3.8, 4) is 0 Å². The zero-order valence-electron chi connectivity index (χ0n) is 11.0. The van der Waals surface area contributed by atoms with Crippen LogP contribution in [-0.4, -0.2) is 5.67 Å². The second-order valence-electron chi connectivity index (χ2n) is 5.59. The van der Waals surface area contributed by atoms with E-state index in [2.05, 4.69) is 31.2 Å². The maximum Gasteiger partial charge on any atom is 0.111 e. The first-order chi connectivity index (χ1) is 8.12. The molecule has 17 heavy (non-hydrogen) atoms. The summed E-state index contributed by atoms with van der Waals surface area (Å²) in [5.41, 5.74) is 1.69. The van der Waals surface area contributed by atoms with E-state index in [1.807, 2.05) is 0 Å². The van der Waals surface area contributed by atoms with Crippen LogP contribution in [0.1, 0.15) is 50.7 Å². The van der Waals surface area contributed by atoms with Gasteiger partial charge >= 0.3 is 0 Å². The molecule has 1 saturated carbocycles. The first-order valence-corrected chi connectivity index (χ1v) is 6.88. The lowest BCUT2D eigenvalue weighted by Crippen LogP contribution is -2.34. The molecule has 0 bridgehead atoms. The Balaban J connectivity index is 2.03. The highest BCUT2D eigenvalue weighted by atomic mass is 19.1. The maximum atomic E-state index is 14.4. The summed E-state index contributed by atoms with van der Waals surface area (Å²) in [7, 11) is 0. The molecule has 2 rings (SSSR count). The van der Waals surface area contributed by atoms with Crippen LogP contribution in [0.5, 0.6) is 0 Å². The van der Waals surface area contributed by atoms with Gasteiger partial charge in [-0.15, -0.1) is 0 Å². The van der Waals surface area contributed by atoms with Gasteiger partial charge in [0.25, 0.3) is 0 Å². The van der Waals surface area contributed by atoms with Gasteiger partial charge in [-0.2, -0.15) is 0 Å². The number of hydrogen-bond donors (Lipinski definition) is 0. The van der Waals surface area contributed by atoms with E-state index < -0.39 is 5.67 Å². The molecule has 2 unspecified atom stereocenters. The molecule has 2 atom stereocenters. The lowest BCUT2D eigenvalue weighted by molar-refractivity contribution is 0.0569. The predicted octanol–water partition coefficient (Wildman–Crippen LogP) is 4.71. The molecule has 0 aliphatic heterocycles. The fourth-order valence-corrected chi connectivity index (χ4v) is 2.88. The molecule has 1 aromatic rings. The zero-order valence-corrected chi connectivity index (χ0v) is 11.0. The van der Waals surface area contributed by atoms with Crippen molar-refractivity contribution in [1.29, 1.82) is 0 Å². The summed E-state index contributed by atoms with van der Waals surface area (Å²) in [5, 5.41) is 0. The topological polar surface area (TPSA) is 0 Å². The van der Waals surface area contributed by atoms with Crippen LogP contribution in [0.15, 0.2) is 24.3 Å². The smallest absolute Gasteiger partial charge is 0.111 e. The lowest BCUT2D eigenvalue weighted by atomic mass is 9.75. The fraction of sp³-hybridized carbons (Fsp3) is 0.625. The molecule has 0 radical (unpaired) electrons. The van der Waals surface area contributed by atoms with Gasteiger partial charge in [-0.25, -0.2) is 4.39 Å². The molecular formula is C16H23F. The van der Waals surface area contributed by atoms with Crippen LogP contribution in [0.4, 0.5) is 4.39 Å². The highest BCUT2D eigenvalue weighted by Crippen LogP contribution is 2.38. The van der Waals surface area contributed by atoms with E-state index in [0.717, 1.165) is 32.1 Å². The van der Waals surface area contributed by atoms with Crippen molar-refractivity contribution in [1.82, 2.24) is 0 Å². The Morgan fingerprint density at radius 3 is 2.41 bits per heavy atom. The molecule has 0 saturated heterocycles. The molecule has 1 aliphatic carbocycles. The Morgan fingerprint density at radius 2 is 1.82 bits per heavy atom. The quantitative estimate of drug-likeness (QED) is 0.710. The van der Waals surface area contributed by atoms with E-state index in [-0.39, 0.29) is 5.92 Å². The van der Waals surface area contributed by atoms with Crippen LogP contribution >= 0.6 is 0 Å². The summed E-state index contributed by atoms with van der Waals surface area (Å²) >= 11 is 0. The zero-order chi connectivity index (χ0) is 12.3. The van der Waals surface area contributed by atoms with Gasteiger partial charge in [0.05, 0.1) is 0 Å². The molecule has 1 aromatic carbocycles. The first-order valence-electron chi connectivity index (χ1n) is 6.88. The third kappa shape index (κ3) is 3.08. The first kappa shape index (κ1) is 12.6. The predicted molar refractivity (Wildman–Crippen MR) is 71.0 cm³/mol. The number of benzene rings is 1. The third-order valence-corrected chi connectivity index (χ3v) is 4.23. The largest absolute Gasteiger partial charge is 0.244 e. The molecule has 0 heterocycles. The number of aryl methyl sites for hydroxylation is 1. The summed E-state index contributed by atoms with van der Waals surface area (Å²) in [5.74, 6) is 0.212. The van der Waals surface area contributed by atoms with Gasteiger partial charge in [-0.3, -0.25) is 0 Å². The Morgan fingerprint density at radius 1 is 1.18 bits per heavy atom. The second-order valence-corrected chi connectivity index (χ2v) is 5.59. The van der Waals surface area contributed by atoms with Crippen LogP contribution in [0.2, 0.25) is 0 Å². The average molecular weight is 234 g/mol. The van der Waals surface area contributed by atoms with Crippen molar-refractivity contribution in [2.45, 2.75) is 58.0 Å². The molecule has 0 nitrogen and oxygen atoms in total. The minimum atomic E-state index is -0.957. The van der Waals surface area contributed by atoms with Gasteiger partial charge < -0.3 is 0 Å². The number of alkyl halides is 1. The van der Waals surface area contributed by atoms with E-state index in [4.69, 9.17) is 0 Å². The average Bonchev–Trinajstić information content (AvgIpc) is 2.33. The molecule has 1 aliphatic rings. The van der Waals surface area contributed by atoms with E-state index in [1.165, 1.54) is 17.5 Å². The number of hydrogen-bond acceptors (Lipinski definition) is 0. The lowest BCUT2D eigenvalue weighted by Gasteiger charge is -2.35. The van der Waals surface area contributed by atoms with Crippen LogP contribution in [0.25, 0.3) is 0 Å². The Bertz CT molecular complexity index is 350. The van der Waals surface area contributed by atoms with Crippen molar-refractivity contribution in [2.75, 3.05) is 0 Å². The van der Waals surface area contributed by atoms with Gasteiger partial charge in [-0.1, -0.05) is 44.0 Å². The highest BCUT2D eigenvalue weighted by molar-refractivity contribution is 5.23. The minimum Gasteiger partial charge on any atom is -0.244 e. The van der Waals surface area contributed by atoms with Gasteiger partial charge in [0.1, 0.15) is 5.67 Å². The second kappa shape index (κ2) is 5.20. The van der Waals surface area contributed by atoms with Crippen LogP contribution in [0, 0.1) is 5.92 Å². The van der Waals surface area contributed by atoms with E-state index in [9.17, 15) is 4.39 Å². The van der Waals surface area contributed by atoms with E-state index in [0.29, 0.717) is 0 Å². The molecule has 0 spiro atoms. The highest BCUT2D eigenvalue weighted by Gasteiger charge is 2.36.